The second-order valence-corrected chi connectivity index (χ2v) is 6.28. The van der Waals surface area contributed by atoms with Gasteiger partial charge in [0.25, 0.3) is 0 Å². The first kappa shape index (κ1) is 14.3. The molecule has 0 aliphatic carbocycles. The zero-order chi connectivity index (χ0) is 15.8. The maximum absolute atomic E-state index is 6.09. The van der Waals surface area contributed by atoms with E-state index in [9.17, 15) is 0 Å². The van der Waals surface area contributed by atoms with Crippen molar-refractivity contribution in [3.8, 4) is 5.88 Å². The van der Waals surface area contributed by atoms with Gasteiger partial charge in [0, 0.05) is 24.0 Å². The Labute approximate surface area is 135 Å². The molecule has 118 valence electrons. The SMILES string of the molecule is Cc1cccc2cc3c(nc12)O[C@H](C)CN(Cc1ccco1)C3. The van der Waals surface area contributed by atoms with Crippen LogP contribution in [0.2, 0.25) is 0 Å². The van der Waals surface area contributed by atoms with Gasteiger partial charge in [-0.3, -0.25) is 4.90 Å². The number of hydrogen-bond acceptors (Lipinski definition) is 4. The number of nitrogens with zero attached hydrogens (tertiary/aromatic N) is 2. The van der Waals surface area contributed by atoms with E-state index in [1.807, 2.05) is 12.1 Å². The maximum Gasteiger partial charge on any atom is 0.218 e. The van der Waals surface area contributed by atoms with Crippen molar-refractivity contribution in [3.63, 3.8) is 0 Å². The van der Waals surface area contributed by atoms with E-state index in [2.05, 4.69) is 43.0 Å². The van der Waals surface area contributed by atoms with Gasteiger partial charge in [-0.1, -0.05) is 18.2 Å². The molecule has 0 radical (unpaired) electrons. The van der Waals surface area contributed by atoms with Gasteiger partial charge >= 0.3 is 0 Å². The van der Waals surface area contributed by atoms with Crippen LogP contribution in [0, 0.1) is 6.92 Å². The van der Waals surface area contributed by atoms with Crippen molar-refractivity contribution in [1.82, 2.24) is 9.88 Å². The third kappa shape index (κ3) is 2.82. The number of rotatable bonds is 2. The standard InChI is InChI=1S/C19H20N2O2/c1-13-5-3-6-15-9-16-11-21(12-17-7-4-8-22-17)10-14(2)23-19(16)20-18(13)15/h3-9,14H,10-12H2,1-2H3/t14-/m1/s1. The lowest BCUT2D eigenvalue weighted by atomic mass is 10.1. The Morgan fingerprint density at radius 2 is 2.17 bits per heavy atom. The van der Waals surface area contributed by atoms with E-state index in [1.165, 1.54) is 10.9 Å². The molecule has 0 N–H and O–H groups in total. The van der Waals surface area contributed by atoms with E-state index >= 15 is 0 Å². The van der Waals surface area contributed by atoms with E-state index in [-0.39, 0.29) is 6.10 Å². The fraction of sp³-hybridized carbons (Fsp3) is 0.316. The Morgan fingerprint density at radius 3 is 3.00 bits per heavy atom. The van der Waals surface area contributed by atoms with E-state index in [4.69, 9.17) is 14.1 Å². The molecule has 3 heterocycles. The van der Waals surface area contributed by atoms with Crippen LogP contribution in [0.15, 0.2) is 47.1 Å². The van der Waals surface area contributed by atoms with E-state index in [1.54, 1.807) is 6.26 Å². The number of aryl methyl sites for hydroxylation is 1. The van der Waals surface area contributed by atoms with Gasteiger partial charge in [-0.15, -0.1) is 0 Å². The van der Waals surface area contributed by atoms with Crippen LogP contribution in [0.1, 0.15) is 23.8 Å². The van der Waals surface area contributed by atoms with Crippen molar-refractivity contribution >= 4 is 10.9 Å². The molecular weight excluding hydrogens is 288 g/mol. The van der Waals surface area contributed by atoms with E-state index in [0.29, 0.717) is 0 Å². The summed E-state index contributed by atoms with van der Waals surface area (Å²) in [6, 6.07) is 12.4. The molecule has 0 saturated carbocycles. The molecule has 0 spiro atoms. The van der Waals surface area contributed by atoms with Crippen LogP contribution in [-0.4, -0.2) is 22.5 Å². The van der Waals surface area contributed by atoms with Crippen molar-refractivity contribution in [2.75, 3.05) is 6.54 Å². The van der Waals surface area contributed by atoms with Crippen LogP contribution in [0.5, 0.6) is 5.88 Å². The molecule has 3 aromatic rings. The number of furan rings is 1. The molecule has 1 aromatic carbocycles. The van der Waals surface area contributed by atoms with Crippen molar-refractivity contribution in [1.29, 1.82) is 0 Å². The first-order valence-electron chi connectivity index (χ1n) is 7.99. The summed E-state index contributed by atoms with van der Waals surface area (Å²) < 4.78 is 11.6. The minimum Gasteiger partial charge on any atom is -0.473 e. The lowest BCUT2D eigenvalue weighted by molar-refractivity contribution is 0.147. The molecule has 23 heavy (non-hydrogen) atoms. The number of fused-ring (bicyclic) bond motifs is 2. The molecule has 1 aliphatic heterocycles. The highest BCUT2D eigenvalue weighted by molar-refractivity contribution is 5.83. The van der Waals surface area contributed by atoms with E-state index < -0.39 is 0 Å². The second kappa shape index (κ2) is 5.70. The fourth-order valence-corrected chi connectivity index (χ4v) is 3.23. The van der Waals surface area contributed by atoms with Gasteiger partial charge in [0.2, 0.25) is 5.88 Å². The molecule has 0 saturated heterocycles. The Bertz CT molecular complexity index is 827. The minimum atomic E-state index is 0.0974. The van der Waals surface area contributed by atoms with Crippen LogP contribution in [-0.2, 0) is 13.1 Å². The number of hydrogen-bond donors (Lipinski definition) is 0. The van der Waals surface area contributed by atoms with Crippen molar-refractivity contribution in [2.45, 2.75) is 33.0 Å². The van der Waals surface area contributed by atoms with Gasteiger partial charge < -0.3 is 9.15 Å². The average molecular weight is 308 g/mol. The minimum absolute atomic E-state index is 0.0974. The molecule has 4 heteroatoms. The lowest BCUT2D eigenvalue weighted by Gasteiger charge is -2.20. The number of para-hydroxylation sites is 1. The summed E-state index contributed by atoms with van der Waals surface area (Å²) in [7, 11) is 0. The molecule has 0 bridgehead atoms. The topological polar surface area (TPSA) is 38.5 Å². The van der Waals surface area contributed by atoms with Gasteiger partial charge in [-0.2, -0.15) is 0 Å². The summed E-state index contributed by atoms with van der Waals surface area (Å²) in [4.78, 5) is 7.13. The van der Waals surface area contributed by atoms with Gasteiger partial charge in [-0.05, 0) is 37.6 Å². The second-order valence-electron chi connectivity index (χ2n) is 6.28. The summed E-state index contributed by atoms with van der Waals surface area (Å²) in [5.74, 6) is 1.74. The molecule has 0 unspecified atom stereocenters. The van der Waals surface area contributed by atoms with Crippen LogP contribution >= 0.6 is 0 Å². The lowest BCUT2D eigenvalue weighted by Crippen LogP contribution is -2.30. The zero-order valence-electron chi connectivity index (χ0n) is 13.5. The highest BCUT2D eigenvalue weighted by atomic mass is 16.5. The largest absolute Gasteiger partial charge is 0.473 e. The van der Waals surface area contributed by atoms with Crippen LogP contribution in [0.25, 0.3) is 10.9 Å². The van der Waals surface area contributed by atoms with Crippen LogP contribution in [0.4, 0.5) is 0 Å². The summed E-state index contributed by atoms with van der Waals surface area (Å²) in [5.41, 5.74) is 3.34. The van der Waals surface area contributed by atoms with Gasteiger partial charge in [0.15, 0.2) is 0 Å². The molecule has 0 fully saturated rings. The highest BCUT2D eigenvalue weighted by Crippen LogP contribution is 2.29. The molecule has 1 aliphatic rings. The quantitative estimate of drug-likeness (QED) is 0.719. The fourth-order valence-electron chi connectivity index (χ4n) is 3.23. The molecule has 2 aromatic heterocycles. The number of ether oxygens (including phenoxy) is 1. The maximum atomic E-state index is 6.09. The average Bonchev–Trinajstić information content (AvgIpc) is 2.96. The number of aromatic nitrogens is 1. The van der Waals surface area contributed by atoms with Crippen LogP contribution in [0.3, 0.4) is 0 Å². The Kier molecular flexibility index (Phi) is 3.54. The summed E-state index contributed by atoms with van der Waals surface area (Å²) >= 11 is 0. The van der Waals surface area contributed by atoms with E-state index in [0.717, 1.165) is 42.4 Å². The first-order chi connectivity index (χ1) is 11.2. The molecule has 1 atom stereocenters. The molecular formula is C19H20N2O2. The first-order valence-corrected chi connectivity index (χ1v) is 7.99. The monoisotopic (exact) mass is 308 g/mol. The summed E-state index contributed by atoms with van der Waals surface area (Å²) in [6.07, 6.45) is 1.82. The van der Waals surface area contributed by atoms with Gasteiger partial charge in [-0.25, -0.2) is 4.98 Å². The number of pyridine rings is 1. The smallest absolute Gasteiger partial charge is 0.218 e. The van der Waals surface area contributed by atoms with Crippen molar-refractivity contribution in [3.05, 3.63) is 59.5 Å². The Morgan fingerprint density at radius 1 is 1.26 bits per heavy atom. The van der Waals surface area contributed by atoms with Crippen LogP contribution < -0.4 is 4.74 Å². The summed E-state index contributed by atoms with van der Waals surface area (Å²) in [5, 5.41) is 1.17. The predicted octanol–water partition coefficient (Wildman–Crippen LogP) is 3.92. The number of benzene rings is 1. The normalized spacial score (nSPS) is 18.4. The molecule has 4 nitrogen and oxygen atoms in total. The highest BCUT2D eigenvalue weighted by Gasteiger charge is 2.22. The molecule has 0 amide bonds. The third-order valence-electron chi connectivity index (χ3n) is 4.27. The van der Waals surface area contributed by atoms with Crippen molar-refractivity contribution in [2.24, 2.45) is 0 Å². The Balaban J connectivity index is 1.71. The Hall–Kier alpha value is -2.33. The van der Waals surface area contributed by atoms with Gasteiger partial charge in [0.05, 0.1) is 18.3 Å². The summed E-state index contributed by atoms with van der Waals surface area (Å²) in [6.45, 7) is 6.63. The zero-order valence-corrected chi connectivity index (χ0v) is 13.5. The van der Waals surface area contributed by atoms with Gasteiger partial charge in [0.1, 0.15) is 11.9 Å². The molecule has 4 rings (SSSR count). The van der Waals surface area contributed by atoms with Crippen molar-refractivity contribution < 1.29 is 9.15 Å². The predicted molar refractivity (Wildman–Crippen MR) is 89.4 cm³/mol. The third-order valence-corrected chi connectivity index (χ3v) is 4.27.